The van der Waals surface area contributed by atoms with E-state index in [-0.39, 0.29) is 82.1 Å². The normalized spacial score (nSPS) is 51.2. The van der Waals surface area contributed by atoms with Gasteiger partial charge in [0.15, 0.2) is 0 Å². The van der Waals surface area contributed by atoms with E-state index in [1.807, 2.05) is 26.0 Å². The number of esters is 2. The van der Waals surface area contributed by atoms with Crippen molar-refractivity contribution in [3.63, 3.8) is 0 Å². The Morgan fingerprint density at radius 3 is 1.27 bits per heavy atom. The number of aliphatic hydroxyl groups excluding tert-OH is 2. The molecule has 52 heavy (non-hydrogen) atoms. The van der Waals surface area contributed by atoms with E-state index in [0.717, 1.165) is 38.5 Å². The highest BCUT2D eigenvalue weighted by atomic mass is 16.5. The predicted octanol–water partition coefficient (Wildman–Crippen LogP) is 7.83. The molecule has 0 aromatic rings. The van der Waals surface area contributed by atoms with Crippen molar-refractivity contribution < 1.29 is 38.9 Å². The van der Waals surface area contributed by atoms with Crippen molar-refractivity contribution in [1.82, 2.24) is 0 Å². The van der Waals surface area contributed by atoms with Crippen molar-refractivity contribution in [3.05, 3.63) is 25.3 Å². The van der Waals surface area contributed by atoms with Gasteiger partial charge in [0.25, 0.3) is 0 Å². The molecule has 6 aliphatic carbocycles. The lowest BCUT2D eigenvalue weighted by atomic mass is 9.44. The maximum Gasteiger partial charge on any atom is 0.302 e. The minimum Gasteiger partial charge on any atom is -0.461 e. The minimum absolute atomic E-state index is 0.0465. The molecule has 6 fully saturated rings. The number of carbonyl (C=O) groups is 4. The third-order valence-electron chi connectivity index (χ3n) is 17.2. The standard InChI is InChI=1S/2C22H34O4/c2*1-7-20(5)12-17(25)21(6)13(2)8-10-22(11-9-16(24)18(21)22)14(3)19(20)26-15(4)23/h2*7,13-14,17-19,25H,1,8-12H2,2-6H3/t2*13-,14+,17-,18+,19+,20-,21+,22+/m11/s1. The fraction of sp³-hybridized carbons (Fsp3) is 0.818. The van der Waals surface area contributed by atoms with Crippen molar-refractivity contribution in [3.8, 4) is 0 Å². The second kappa shape index (κ2) is 13.8. The summed E-state index contributed by atoms with van der Waals surface area (Å²) >= 11 is 0. The van der Waals surface area contributed by atoms with Crippen molar-refractivity contribution in [1.29, 1.82) is 0 Å². The molecule has 0 heterocycles. The Hall–Kier alpha value is -2.32. The number of carbonyl (C=O) groups excluding carboxylic acids is 4. The van der Waals surface area contributed by atoms with Crippen molar-refractivity contribution >= 4 is 23.5 Å². The smallest absolute Gasteiger partial charge is 0.302 e. The average molecular weight is 725 g/mol. The first-order chi connectivity index (χ1) is 24.1. The Balaban J connectivity index is 0.000000201. The van der Waals surface area contributed by atoms with Crippen LogP contribution in [0.5, 0.6) is 0 Å². The quantitative estimate of drug-likeness (QED) is 0.222. The second-order valence-electron chi connectivity index (χ2n) is 19.4. The minimum atomic E-state index is -0.627. The summed E-state index contributed by atoms with van der Waals surface area (Å²) < 4.78 is 11.7. The molecule has 0 amide bonds. The van der Waals surface area contributed by atoms with Gasteiger partial charge in [-0.2, -0.15) is 0 Å². The molecule has 0 saturated heterocycles. The van der Waals surface area contributed by atoms with Crippen LogP contribution in [0.1, 0.15) is 133 Å². The number of hydrogen-bond acceptors (Lipinski definition) is 8. The van der Waals surface area contributed by atoms with Gasteiger partial charge in [-0.05, 0) is 74.0 Å². The molecule has 8 heteroatoms. The molecule has 4 bridgehead atoms. The van der Waals surface area contributed by atoms with Crippen LogP contribution in [-0.2, 0) is 28.7 Å². The largest absolute Gasteiger partial charge is 0.461 e. The Labute approximate surface area is 312 Å². The molecule has 16 atom stereocenters. The van der Waals surface area contributed by atoms with E-state index in [1.54, 1.807) is 0 Å². The first-order valence-corrected chi connectivity index (χ1v) is 20.1. The number of hydrogen-bond donors (Lipinski definition) is 2. The molecule has 0 aromatic carbocycles. The molecular weight excluding hydrogens is 656 g/mol. The van der Waals surface area contributed by atoms with Crippen LogP contribution >= 0.6 is 0 Å². The zero-order valence-corrected chi connectivity index (χ0v) is 33.8. The first kappa shape index (κ1) is 40.9. The van der Waals surface area contributed by atoms with Crippen LogP contribution in [0.15, 0.2) is 25.3 Å². The van der Waals surface area contributed by atoms with Crippen molar-refractivity contribution in [2.45, 2.75) is 158 Å². The van der Waals surface area contributed by atoms with Crippen LogP contribution in [0.25, 0.3) is 0 Å². The molecule has 6 rings (SSSR count). The zero-order valence-electron chi connectivity index (χ0n) is 33.8. The number of aliphatic hydroxyl groups is 2. The van der Waals surface area contributed by atoms with E-state index in [4.69, 9.17) is 9.47 Å². The maximum absolute atomic E-state index is 13.0. The summed E-state index contributed by atoms with van der Waals surface area (Å²) in [6.45, 7) is 27.9. The van der Waals surface area contributed by atoms with E-state index < -0.39 is 33.9 Å². The van der Waals surface area contributed by atoms with Crippen molar-refractivity contribution in [2.24, 2.45) is 68.0 Å². The fourth-order valence-corrected chi connectivity index (χ4v) is 13.5. The van der Waals surface area contributed by atoms with Gasteiger partial charge in [0, 0.05) is 72.0 Å². The molecule has 0 aliphatic heterocycles. The summed E-state index contributed by atoms with van der Waals surface area (Å²) in [6.07, 6.45) is 9.32. The van der Waals surface area contributed by atoms with Crippen LogP contribution in [0, 0.1) is 68.0 Å². The lowest BCUT2D eigenvalue weighted by molar-refractivity contribution is -0.202. The van der Waals surface area contributed by atoms with Gasteiger partial charge in [0.2, 0.25) is 0 Å². The second-order valence-corrected chi connectivity index (χ2v) is 19.4. The summed E-state index contributed by atoms with van der Waals surface area (Å²) in [4.78, 5) is 49.9. The summed E-state index contributed by atoms with van der Waals surface area (Å²) in [5.41, 5.74) is -2.33. The van der Waals surface area contributed by atoms with Crippen LogP contribution in [0.3, 0.4) is 0 Å². The Kier molecular flexibility index (Phi) is 10.8. The molecule has 0 radical (unpaired) electrons. The summed E-state index contributed by atoms with van der Waals surface area (Å²) in [7, 11) is 0. The number of ketones is 2. The molecular formula is C44H68O8. The topological polar surface area (TPSA) is 127 Å². The number of Topliss-reactive ketones (excluding diaryl/α,β-unsaturated/α-hetero) is 2. The van der Waals surface area contributed by atoms with Crippen LogP contribution < -0.4 is 0 Å². The van der Waals surface area contributed by atoms with Gasteiger partial charge < -0.3 is 19.7 Å². The van der Waals surface area contributed by atoms with E-state index in [0.29, 0.717) is 25.7 Å². The molecule has 2 N–H and O–H groups in total. The van der Waals surface area contributed by atoms with Crippen LogP contribution in [0.2, 0.25) is 0 Å². The summed E-state index contributed by atoms with van der Waals surface area (Å²) in [5.74, 6) is 0.294. The predicted molar refractivity (Wildman–Crippen MR) is 201 cm³/mol. The summed E-state index contributed by atoms with van der Waals surface area (Å²) in [6, 6.07) is 0. The highest BCUT2D eigenvalue weighted by Gasteiger charge is 2.69. The molecule has 8 nitrogen and oxygen atoms in total. The molecule has 6 aliphatic rings. The van der Waals surface area contributed by atoms with Gasteiger partial charge in [-0.25, -0.2) is 0 Å². The van der Waals surface area contributed by atoms with Gasteiger partial charge in [0.1, 0.15) is 23.8 Å². The van der Waals surface area contributed by atoms with E-state index >= 15 is 0 Å². The lowest BCUT2D eigenvalue weighted by Gasteiger charge is -2.61. The van der Waals surface area contributed by atoms with Gasteiger partial charge >= 0.3 is 11.9 Å². The highest BCUT2D eigenvalue weighted by molar-refractivity contribution is 5.86. The van der Waals surface area contributed by atoms with Gasteiger partial charge in [0.05, 0.1) is 12.2 Å². The van der Waals surface area contributed by atoms with Gasteiger partial charge in [-0.1, -0.05) is 67.5 Å². The van der Waals surface area contributed by atoms with E-state index in [1.165, 1.54) is 13.8 Å². The highest BCUT2D eigenvalue weighted by Crippen LogP contribution is 2.69. The van der Waals surface area contributed by atoms with Crippen molar-refractivity contribution in [2.75, 3.05) is 0 Å². The molecule has 0 aromatic heterocycles. The van der Waals surface area contributed by atoms with E-state index in [2.05, 4.69) is 54.7 Å². The number of ether oxygens (including phenoxy) is 2. The Morgan fingerprint density at radius 1 is 0.654 bits per heavy atom. The van der Waals surface area contributed by atoms with E-state index in [9.17, 15) is 29.4 Å². The SMILES string of the molecule is C=C[C@]1(C)C[C@@H](O)[C@]2(C)[C@H](C)CC[C@]3(CCC(=O)[C@H]32)[C@@H](C)[C@@H]1OC(C)=O.C=C[C@]1(C)C[C@@H](O)[C@]2(C)[C@H](C)CC[C@]3(CCC(=O)[C@H]32)[C@@H](C)[C@@H]1OC(C)=O. The third-order valence-corrected chi connectivity index (χ3v) is 17.2. The van der Waals surface area contributed by atoms with Gasteiger partial charge in [-0.3, -0.25) is 19.2 Å². The first-order valence-electron chi connectivity index (χ1n) is 20.1. The zero-order chi connectivity index (χ0) is 39.0. The molecule has 0 unspecified atom stereocenters. The van der Waals surface area contributed by atoms with Gasteiger partial charge in [-0.15, -0.1) is 13.2 Å². The monoisotopic (exact) mass is 724 g/mol. The molecule has 6 saturated carbocycles. The molecule has 292 valence electrons. The Morgan fingerprint density at radius 2 is 0.981 bits per heavy atom. The number of rotatable bonds is 4. The summed E-state index contributed by atoms with van der Waals surface area (Å²) in [5, 5.41) is 22.8. The van der Waals surface area contributed by atoms with Crippen LogP contribution in [-0.4, -0.2) is 58.1 Å². The van der Waals surface area contributed by atoms with Crippen LogP contribution in [0.4, 0.5) is 0 Å². The Bertz CT molecular complexity index is 1360. The third kappa shape index (κ3) is 5.81. The maximum atomic E-state index is 13.0. The fourth-order valence-electron chi connectivity index (χ4n) is 13.5. The lowest BCUT2D eigenvalue weighted by Crippen LogP contribution is -2.62. The average Bonchev–Trinajstić information content (AvgIpc) is 3.63. The molecule has 0 spiro atoms.